The number of likely N-dealkylation sites (N-methyl/N-ethyl adjacent to an activating group) is 1. The van der Waals surface area contributed by atoms with Gasteiger partial charge in [-0.1, -0.05) is 18.2 Å². The van der Waals surface area contributed by atoms with Gasteiger partial charge in [0.1, 0.15) is 6.04 Å². The van der Waals surface area contributed by atoms with Crippen LogP contribution in [0.2, 0.25) is 0 Å². The lowest BCUT2D eigenvalue weighted by atomic mass is 9.48. The molecule has 1 heterocycles. The summed E-state index contributed by atoms with van der Waals surface area (Å²) in [6.07, 6.45) is 7.22. The number of benzodiazepines with no additional fused rings is 1. The number of fused-ring (bicyclic) bond motifs is 1. The first-order valence-electron chi connectivity index (χ1n) is 10.7. The Hall–Kier alpha value is -2.17. The smallest absolute Gasteiger partial charge is 0.306 e. The Balaban J connectivity index is 1.67. The first-order valence-corrected chi connectivity index (χ1v) is 10.7. The van der Waals surface area contributed by atoms with Gasteiger partial charge in [0.25, 0.3) is 5.91 Å². The summed E-state index contributed by atoms with van der Waals surface area (Å²) in [5, 5.41) is 9.43. The molecule has 5 nitrogen and oxygen atoms in total. The van der Waals surface area contributed by atoms with E-state index in [1.165, 1.54) is 19.3 Å². The zero-order chi connectivity index (χ0) is 19.5. The Morgan fingerprint density at radius 2 is 1.75 bits per heavy atom. The highest BCUT2D eigenvalue weighted by Crippen LogP contribution is 2.61. The van der Waals surface area contributed by atoms with Gasteiger partial charge in [-0.05, 0) is 69.3 Å². The second-order valence-corrected chi connectivity index (χ2v) is 9.39. The molecule has 6 rings (SSSR count). The summed E-state index contributed by atoms with van der Waals surface area (Å²) < 4.78 is 0. The van der Waals surface area contributed by atoms with Gasteiger partial charge in [-0.3, -0.25) is 14.6 Å². The lowest BCUT2D eigenvalue weighted by Gasteiger charge is -2.57. The second kappa shape index (κ2) is 6.43. The lowest BCUT2D eigenvalue weighted by molar-refractivity contribution is -0.139. The van der Waals surface area contributed by atoms with Crippen LogP contribution in [0.25, 0.3) is 0 Å². The number of nitrogens with zero attached hydrogens (tertiary/aromatic N) is 2. The van der Waals surface area contributed by atoms with Crippen LogP contribution in [-0.4, -0.2) is 35.3 Å². The molecule has 4 fully saturated rings. The van der Waals surface area contributed by atoms with Gasteiger partial charge < -0.3 is 10.0 Å². The van der Waals surface area contributed by atoms with Crippen molar-refractivity contribution in [3.8, 4) is 0 Å². The number of carbonyl (C=O) groups is 2. The summed E-state index contributed by atoms with van der Waals surface area (Å²) in [6.45, 7) is 2.47. The molecule has 0 unspecified atom stereocenters. The first-order chi connectivity index (χ1) is 13.5. The van der Waals surface area contributed by atoms with Gasteiger partial charge in [0.15, 0.2) is 0 Å². The molecule has 1 atom stereocenters. The maximum absolute atomic E-state index is 13.2. The lowest BCUT2D eigenvalue weighted by Crippen LogP contribution is -2.50. The highest BCUT2D eigenvalue weighted by Gasteiger charge is 2.54. The average Bonchev–Trinajstić information content (AvgIpc) is 2.75. The first kappa shape index (κ1) is 17.9. The molecule has 148 valence electrons. The highest BCUT2D eigenvalue weighted by atomic mass is 16.4. The van der Waals surface area contributed by atoms with E-state index in [1.807, 2.05) is 25.1 Å². The van der Waals surface area contributed by atoms with Crippen molar-refractivity contribution in [1.82, 2.24) is 0 Å². The van der Waals surface area contributed by atoms with Crippen LogP contribution >= 0.6 is 0 Å². The van der Waals surface area contributed by atoms with Crippen LogP contribution < -0.4 is 4.90 Å². The van der Waals surface area contributed by atoms with Gasteiger partial charge in [-0.2, -0.15) is 0 Å². The summed E-state index contributed by atoms with van der Waals surface area (Å²) in [5.74, 6) is 1.15. The van der Waals surface area contributed by atoms with E-state index in [9.17, 15) is 14.7 Å². The minimum absolute atomic E-state index is 0.0195. The number of benzene rings is 1. The van der Waals surface area contributed by atoms with Crippen molar-refractivity contribution in [2.45, 2.75) is 57.9 Å². The molecular formula is C23H28N2O3. The Bertz CT molecular complexity index is 824. The molecule has 1 N–H and O–H groups in total. The van der Waals surface area contributed by atoms with Crippen molar-refractivity contribution in [3.05, 3.63) is 29.8 Å². The number of rotatable bonds is 4. The minimum atomic E-state index is -0.964. The maximum atomic E-state index is 13.2. The molecule has 1 aromatic carbocycles. The summed E-state index contributed by atoms with van der Waals surface area (Å²) in [5.41, 5.74) is 2.99. The van der Waals surface area contributed by atoms with Crippen LogP contribution in [0.1, 0.15) is 57.4 Å². The zero-order valence-electron chi connectivity index (χ0n) is 16.4. The number of amides is 1. The third-order valence-corrected chi connectivity index (χ3v) is 7.51. The Kier molecular flexibility index (Phi) is 4.11. The van der Waals surface area contributed by atoms with E-state index in [4.69, 9.17) is 4.99 Å². The number of anilines is 1. The van der Waals surface area contributed by atoms with Crippen LogP contribution in [0.3, 0.4) is 0 Å². The largest absolute Gasteiger partial charge is 0.481 e. The number of carboxylic acid groups (broad SMARTS) is 1. The number of aliphatic carboxylic acids is 1. The number of carbonyl (C=O) groups excluding carboxylic acids is 1. The number of aliphatic imine (C=N–C) groups is 1. The third-order valence-electron chi connectivity index (χ3n) is 7.51. The van der Waals surface area contributed by atoms with Gasteiger partial charge in [-0.25, -0.2) is 0 Å². The van der Waals surface area contributed by atoms with E-state index in [2.05, 4.69) is 6.07 Å². The molecule has 4 aliphatic carbocycles. The van der Waals surface area contributed by atoms with Crippen LogP contribution in [0.5, 0.6) is 0 Å². The number of para-hydroxylation sites is 1. The Morgan fingerprint density at radius 1 is 1.14 bits per heavy atom. The molecule has 1 aliphatic heterocycles. The quantitative estimate of drug-likeness (QED) is 0.861. The van der Waals surface area contributed by atoms with Gasteiger partial charge >= 0.3 is 5.97 Å². The zero-order valence-corrected chi connectivity index (χ0v) is 16.4. The van der Waals surface area contributed by atoms with E-state index in [0.29, 0.717) is 6.54 Å². The molecule has 0 aromatic heterocycles. The van der Waals surface area contributed by atoms with Crippen molar-refractivity contribution in [2.24, 2.45) is 28.2 Å². The number of hydrogen-bond donors (Lipinski definition) is 1. The van der Waals surface area contributed by atoms with Crippen molar-refractivity contribution in [1.29, 1.82) is 0 Å². The van der Waals surface area contributed by atoms with E-state index < -0.39 is 12.0 Å². The van der Waals surface area contributed by atoms with Gasteiger partial charge in [0.05, 0.1) is 17.8 Å². The number of hydrogen-bond acceptors (Lipinski definition) is 3. The summed E-state index contributed by atoms with van der Waals surface area (Å²) in [4.78, 5) is 31.4. The van der Waals surface area contributed by atoms with Crippen LogP contribution in [0.4, 0.5) is 5.69 Å². The molecule has 0 saturated heterocycles. The molecule has 28 heavy (non-hydrogen) atoms. The third kappa shape index (κ3) is 2.70. The molecule has 5 aliphatic rings. The fraction of sp³-hybridized carbons (Fsp3) is 0.609. The van der Waals surface area contributed by atoms with Gasteiger partial charge in [0.2, 0.25) is 0 Å². The molecule has 1 amide bonds. The van der Waals surface area contributed by atoms with Crippen molar-refractivity contribution in [3.63, 3.8) is 0 Å². The molecule has 0 radical (unpaired) electrons. The normalized spacial score (nSPS) is 36.1. The Morgan fingerprint density at radius 3 is 2.32 bits per heavy atom. The average molecular weight is 380 g/mol. The fourth-order valence-corrected chi connectivity index (χ4v) is 6.94. The van der Waals surface area contributed by atoms with Crippen molar-refractivity contribution < 1.29 is 14.7 Å². The molecule has 1 aromatic rings. The molecule has 4 saturated carbocycles. The van der Waals surface area contributed by atoms with Crippen molar-refractivity contribution >= 4 is 23.3 Å². The monoisotopic (exact) mass is 380 g/mol. The Labute approximate surface area is 165 Å². The molecule has 5 heteroatoms. The van der Waals surface area contributed by atoms with Crippen LogP contribution in [-0.2, 0) is 9.59 Å². The van der Waals surface area contributed by atoms with Gasteiger partial charge in [-0.15, -0.1) is 0 Å². The molecular weight excluding hydrogens is 352 g/mol. The fourth-order valence-electron chi connectivity index (χ4n) is 6.94. The van der Waals surface area contributed by atoms with E-state index in [0.717, 1.165) is 54.0 Å². The second-order valence-electron chi connectivity index (χ2n) is 9.39. The van der Waals surface area contributed by atoms with E-state index in [-0.39, 0.29) is 17.7 Å². The molecule has 4 bridgehead atoms. The molecule has 0 spiro atoms. The van der Waals surface area contributed by atoms with E-state index >= 15 is 0 Å². The topological polar surface area (TPSA) is 70.0 Å². The SMILES string of the molecule is CCN1C(=O)[C@@H](CC(=O)O)N=C(C23CC4CC(CC(C4)C2)C3)c2ccccc21. The highest BCUT2D eigenvalue weighted by molar-refractivity contribution is 6.15. The minimum Gasteiger partial charge on any atom is -0.481 e. The van der Waals surface area contributed by atoms with Crippen molar-refractivity contribution in [2.75, 3.05) is 11.4 Å². The van der Waals surface area contributed by atoms with Crippen LogP contribution in [0.15, 0.2) is 29.3 Å². The summed E-state index contributed by atoms with van der Waals surface area (Å²) in [7, 11) is 0. The van der Waals surface area contributed by atoms with E-state index in [1.54, 1.807) is 4.90 Å². The predicted octanol–water partition coefficient (Wildman–Crippen LogP) is 3.90. The standard InChI is InChI=1S/C23H28N2O3/c1-2-25-19-6-4-3-5-17(19)21(24-18(22(25)28)10-20(26)27)23-11-14-7-15(12-23)9-16(8-14)13-23/h3-6,14-16,18H,2,7-13H2,1H3,(H,26,27)/t14?,15?,16?,18-,23?/m1/s1. The maximum Gasteiger partial charge on any atom is 0.306 e. The summed E-state index contributed by atoms with van der Waals surface area (Å²) >= 11 is 0. The van der Waals surface area contributed by atoms with Crippen LogP contribution in [0, 0.1) is 23.2 Å². The van der Waals surface area contributed by atoms with Gasteiger partial charge in [0, 0.05) is 17.5 Å². The summed E-state index contributed by atoms with van der Waals surface area (Å²) in [6, 6.07) is 7.24. The predicted molar refractivity (Wildman–Crippen MR) is 108 cm³/mol. The number of carboxylic acids is 1.